The van der Waals surface area contributed by atoms with Crippen molar-refractivity contribution in [1.82, 2.24) is 4.98 Å². The smallest absolute Gasteiger partial charge is 0.257 e. The topological polar surface area (TPSA) is 80.0 Å². The number of amides is 1. The molecular weight excluding hydrogens is 491 g/mol. The van der Waals surface area contributed by atoms with Gasteiger partial charge in [0.2, 0.25) is 0 Å². The summed E-state index contributed by atoms with van der Waals surface area (Å²) in [5, 5.41) is 3.05. The minimum atomic E-state index is -0.336. The lowest BCUT2D eigenvalue weighted by Gasteiger charge is -2.11. The van der Waals surface area contributed by atoms with Crippen molar-refractivity contribution >= 4 is 76.8 Å². The number of anilines is 2. The SMILES string of the molecule is NNc1ncc(C(=O)Nc2c(Br)cc(Br)cc2Br)cc1Cl. The highest BCUT2D eigenvalue weighted by Crippen LogP contribution is 2.34. The number of halogens is 4. The van der Waals surface area contributed by atoms with E-state index in [-0.39, 0.29) is 10.9 Å². The summed E-state index contributed by atoms with van der Waals surface area (Å²) >= 11 is 16.1. The van der Waals surface area contributed by atoms with Crippen LogP contribution in [0, 0.1) is 0 Å². The maximum atomic E-state index is 12.2. The van der Waals surface area contributed by atoms with Crippen LogP contribution in [0.3, 0.4) is 0 Å². The first-order valence-corrected chi connectivity index (χ1v) is 8.26. The van der Waals surface area contributed by atoms with E-state index in [1.807, 2.05) is 12.1 Å². The summed E-state index contributed by atoms with van der Waals surface area (Å²) in [6, 6.07) is 5.14. The van der Waals surface area contributed by atoms with Crippen molar-refractivity contribution in [2.24, 2.45) is 5.84 Å². The van der Waals surface area contributed by atoms with Crippen LogP contribution >= 0.6 is 59.4 Å². The molecule has 5 nitrogen and oxygen atoms in total. The Hall–Kier alpha value is -0.670. The van der Waals surface area contributed by atoms with Crippen LogP contribution in [0.2, 0.25) is 5.02 Å². The number of nitrogens with zero attached hydrogens (tertiary/aromatic N) is 1. The van der Waals surface area contributed by atoms with E-state index in [2.05, 4.69) is 63.5 Å². The number of hydrogen-bond acceptors (Lipinski definition) is 4. The van der Waals surface area contributed by atoms with E-state index in [9.17, 15) is 4.79 Å². The first kappa shape index (κ1) is 16.7. The van der Waals surface area contributed by atoms with Gasteiger partial charge in [0, 0.05) is 19.6 Å². The standard InChI is InChI=1S/C12H8Br3ClN4O/c13-6-2-7(14)10(8(15)3-6)19-12(21)5-1-9(16)11(20-17)18-4-5/h1-4H,17H2,(H,18,20)(H,19,21). The molecular formula is C12H8Br3ClN4O. The van der Waals surface area contributed by atoms with Crippen molar-refractivity contribution in [1.29, 1.82) is 0 Å². The molecule has 1 amide bonds. The minimum Gasteiger partial charge on any atom is -0.320 e. The number of hydrogen-bond donors (Lipinski definition) is 3. The Morgan fingerprint density at radius 1 is 1.19 bits per heavy atom. The molecule has 110 valence electrons. The van der Waals surface area contributed by atoms with Crippen LogP contribution in [0.5, 0.6) is 0 Å². The van der Waals surface area contributed by atoms with Gasteiger partial charge < -0.3 is 10.7 Å². The molecule has 1 aromatic carbocycles. The molecule has 9 heteroatoms. The summed E-state index contributed by atoms with van der Waals surface area (Å²) in [5.41, 5.74) is 3.27. The molecule has 0 spiro atoms. The Morgan fingerprint density at radius 3 is 2.33 bits per heavy atom. The van der Waals surface area contributed by atoms with Crippen molar-refractivity contribution in [3.63, 3.8) is 0 Å². The summed E-state index contributed by atoms with van der Waals surface area (Å²) in [6.07, 6.45) is 1.39. The highest BCUT2D eigenvalue weighted by molar-refractivity contribution is 9.11. The maximum absolute atomic E-state index is 12.2. The third-order valence-corrected chi connectivity index (χ3v) is 4.48. The average Bonchev–Trinajstić information content (AvgIpc) is 2.42. The van der Waals surface area contributed by atoms with Gasteiger partial charge in [0.1, 0.15) is 0 Å². The molecule has 4 N–H and O–H groups in total. The lowest BCUT2D eigenvalue weighted by Crippen LogP contribution is -2.15. The lowest BCUT2D eigenvalue weighted by molar-refractivity contribution is 0.102. The van der Waals surface area contributed by atoms with Gasteiger partial charge in [-0.3, -0.25) is 4.79 Å². The van der Waals surface area contributed by atoms with Crippen LogP contribution in [0.15, 0.2) is 37.8 Å². The average molecular weight is 499 g/mol. The summed E-state index contributed by atoms with van der Waals surface area (Å²) in [5.74, 6) is 5.21. The van der Waals surface area contributed by atoms with E-state index in [1.165, 1.54) is 12.3 Å². The first-order chi connectivity index (χ1) is 9.92. The van der Waals surface area contributed by atoms with Crippen LogP contribution in [-0.2, 0) is 0 Å². The Balaban J connectivity index is 2.28. The van der Waals surface area contributed by atoms with E-state index in [0.717, 1.165) is 13.4 Å². The summed E-state index contributed by atoms with van der Waals surface area (Å²) in [4.78, 5) is 16.2. The second-order valence-electron chi connectivity index (χ2n) is 3.90. The molecule has 0 saturated heterocycles. The molecule has 2 rings (SSSR count). The quantitative estimate of drug-likeness (QED) is 0.428. The van der Waals surface area contributed by atoms with Gasteiger partial charge in [-0.05, 0) is 50.1 Å². The van der Waals surface area contributed by atoms with E-state index in [0.29, 0.717) is 17.1 Å². The number of carbonyl (C=O) groups excluding carboxylic acids is 1. The van der Waals surface area contributed by atoms with Crippen LogP contribution < -0.4 is 16.6 Å². The van der Waals surface area contributed by atoms with E-state index in [1.54, 1.807) is 0 Å². The number of nitrogens with one attached hydrogen (secondary N) is 2. The number of nitrogens with two attached hydrogens (primary N) is 1. The van der Waals surface area contributed by atoms with Crippen molar-refractivity contribution in [3.05, 3.63) is 48.4 Å². The fourth-order valence-corrected chi connectivity index (χ4v) is 4.19. The minimum absolute atomic E-state index is 0.263. The first-order valence-electron chi connectivity index (χ1n) is 5.50. The zero-order valence-electron chi connectivity index (χ0n) is 10.3. The second-order valence-corrected chi connectivity index (χ2v) is 6.93. The lowest BCUT2D eigenvalue weighted by atomic mass is 10.2. The van der Waals surface area contributed by atoms with Crippen molar-refractivity contribution in [3.8, 4) is 0 Å². The molecule has 1 aromatic heterocycles. The van der Waals surface area contributed by atoms with Gasteiger partial charge in [0.05, 0.1) is 16.3 Å². The monoisotopic (exact) mass is 496 g/mol. The molecule has 0 aliphatic heterocycles. The molecule has 0 bridgehead atoms. The highest BCUT2D eigenvalue weighted by Gasteiger charge is 2.14. The Kier molecular flexibility index (Phi) is 5.61. The number of carbonyl (C=O) groups is 1. The predicted octanol–water partition coefficient (Wildman–Crippen LogP) is 4.56. The fourth-order valence-electron chi connectivity index (χ4n) is 1.52. The van der Waals surface area contributed by atoms with Gasteiger partial charge in [-0.1, -0.05) is 27.5 Å². The molecule has 0 fully saturated rings. The molecule has 0 unspecified atom stereocenters. The molecule has 21 heavy (non-hydrogen) atoms. The van der Waals surface area contributed by atoms with Crippen LogP contribution in [0.25, 0.3) is 0 Å². The Labute approximate surface area is 151 Å². The van der Waals surface area contributed by atoms with E-state index < -0.39 is 0 Å². The van der Waals surface area contributed by atoms with Crippen LogP contribution in [0.1, 0.15) is 10.4 Å². The zero-order chi connectivity index (χ0) is 15.6. The van der Waals surface area contributed by atoms with Gasteiger partial charge in [0.25, 0.3) is 5.91 Å². The summed E-state index contributed by atoms with van der Waals surface area (Å²) in [6.45, 7) is 0. The molecule has 0 radical (unpaired) electrons. The third kappa shape index (κ3) is 3.95. The number of rotatable bonds is 3. The Morgan fingerprint density at radius 2 is 1.81 bits per heavy atom. The summed E-state index contributed by atoms with van der Waals surface area (Å²) < 4.78 is 2.34. The number of hydrazine groups is 1. The second kappa shape index (κ2) is 7.06. The summed E-state index contributed by atoms with van der Waals surface area (Å²) in [7, 11) is 0. The van der Waals surface area contributed by atoms with Gasteiger partial charge in [-0.25, -0.2) is 10.8 Å². The third-order valence-electron chi connectivity index (χ3n) is 2.49. The van der Waals surface area contributed by atoms with Crippen molar-refractivity contribution < 1.29 is 4.79 Å². The molecule has 1 heterocycles. The van der Waals surface area contributed by atoms with E-state index in [4.69, 9.17) is 17.4 Å². The largest absolute Gasteiger partial charge is 0.320 e. The number of pyridine rings is 1. The number of benzene rings is 1. The van der Waals surface area contributed by atoms with E-state index >= 15 is 0 Å². The molecule has 0 aliphatic carbocycles. The maximum Gasteiger partial charge on any atom is 0.257 e. The van der Waals surface area contributed by atoms with Gasteiger partial charge in [-0.2, -0.15) is 0 Å². The molecule has 2 aromatic rings. The van der Waals surface area contributed by atoms with Crippen molar-refractivity contribution in [2.45, 2.75) is 0 Å². The zero-order valence-corrected chi connectivity index (χ0v) is 15.8. The number of nitrogen functional groups attached to an aromatic ring is 1. The normalized spacial score (nSPS) is 10.3. The van der Waals surface area contributed by atoms with Gasteiger partial charge in [0.15, 0.2) is 5.82 Å². The fraction of sp³-hybridized carbons (Fsp3) is 0. The Bertz CT molecular complexity index is 688. The van der Waals surface area contributed by atoms with Crippen molar-refractivity contribution in [2.75, 3.05) is 10.7 Å². The molecule has 0 saturated carbocycles. The highest BCUT2D eigenvalue weighted by atomic mass is 79.9. The number of aromatic nitrogens is 1. The van der Waals surface area contributed by atoms with Gasteiger partial charge >= 0.3 is 0 Å². The molecule has 0 aliphatic rings. The molecule has 0 atom stereocenters. The van der Waals surface area contributed by atoms with Crippen LogP contribution in [0.4, 0.5) is 11.5 Å². The predicted molar refractivity (Wildman–Crippen MR) is 94.6 cm³/mol. The van der Waals surface area contributed by atoms with Gasteiger partial charge in [-0.15, -0.1) is 0 Å². The van der Waals surface area contributed by atoms with Crippen LogP contribution in [-0.4, -0.2) is 10.9 Å².